The van der Waals surface area contributed by atoms with Gasteiger partial charge in [-0.3, -0.25) is 0 Å². The molecule has 2 unspecified atom stereocenters. The first-order chi connectivity index (χ1) is 7.85. The Balaban J connectivity index is 1.90. The van der Waals surface area contributed by atoms with E-state index in [4.69, 9.17) is 4.74 Å². The van der Waals surface area contributed by atoms with Gasteiger partial charge in [-0.15, -0.1) is 0 Å². The van der Waals surface area contributed by atoms with Crippen LogP contribution < -0.4 is 5.32 Å². The monoisotopic (exact) mass is 241 g/mol. The van der Waals surface area contributed by atoms with Gasteiger partial charge in [0.15, 0.2) is 0 Å². The summed E-state index contributed by atoms with van der Waals surface area (Å²) in [6.45, 7) is 5.60. The molecule has 2 bridgehead atoms. The number of nitrogens with one attached hydrogen (secondary N) is 1. The fourth-order valence-electron chi connectivity index (χ4n) is 3.18. The summed E-state index contributed by atoms with van der Waals surface area (Å²) < 4.78 is 5.28. The lowest BCUT2D eigenvalue weighted by Crippen LogP contribution is -2.47. The Hall–Kier alpha value is -0.770. The zero-order valence-corrected chi connectivity index (χ0v) is 10.9. The molecule has 0 radical (unpaired) electrons. The van der Waals surface area contributed by atoms with Crippen molar-refractivity contribution in [3.8, 4) is 0 Å². The molecule has 2 rings (SSSR count). The van der Waals surface area contributed by atoms with Crippen molar-refractivity contribution < 1.29 is 14.6 Å². The molecule has 1 amide bonds. The zero-order chi connectivity index (χ0) is 12.6. The largest absolute Gasteiger partial charge is 0.444 e. The van der Waals surface area contributed by atoms with Gasteiger partial charge in [-0.1, -0.05) is 0 Å². The quantitative estimate of drug-likeness (QED) is 0.738. The molecule has 4 heteroatoms. The summed E-state index contributed by atoms with van der Waals surface area (Å²) in [5.41, 5.74) is -0.447. The van der Waals surface area contributed by atoms with Gasteiger partial charge in [0.2, 0.25) is 0 Å². The highest BCUT2D eigenvalue weighted by molar-refractivity contribution is 5.68. The SMILES string of the molecule is CC(C)(C)OC(=O)NC1C2CCC1CC(O)C2. The van der Waals surface area contributed by atoms with Gasteiger partial charge in [0.1, 0.15) is 5.60 Å². The number of rotatable bonds is 1. The van der Waals surface area contributed by atoms with Crippen molar-refractivity contribution in [2.24, 2.45) is 11.8 Å². The standard InChI is InChI=1S/C13H23NO3/c1-13(2,3)17-12(16)14-11-8-4-5-9(11)7-10(15)6-8/h8-11,15H,4-7H2,1-3H3,(H,14,16). The summed E-state index contributed by atoms with van der Waals surface area (Å²) in [6, 6.07) is 0.202. The van der Waals surface area contributed by atoms with Crippen LogP contribution in [-0.4, -0.2) is 28.9 Å². The second-order valence-corrected chi connectivity index (χ2v) is 6.39. The van der Waals surface area contributed by atoms with Crippen LogP contribution in [0.1, 0.15) is 46.5 Å². The summed E-state index contributed by atoms with van der Waals surface area (Å²) in [5.74, 6) is 0.854. The maximum atomic E-state index is 11.7. The van der Waals surface area contributed by atoms with E-state index < -0.39 is 5.60 Å². The first-order valence-corrected chi connectivity index (χ1v) is 6.53. The van der Waals surface area contributed by atoms with Crippen molar-refractivity contribution in [3.05, 3.63) is 0 Å². The smallest absolute Gasteiger partial charge is 0.407 e. The van der Waals surface area contributed by atoms with Crippen LogP contribution in [0.5, 0.6) is 0 Å². The Bertz CT molecular complexity index is 284. The van der Waals surface area contributed by atoms with Gasteiger partial charge in [0.05, 0.1) is 6.10 Å². The number of hydrogen-bond donors (Lipinski definition) is 2. The minimum absolute atomic E-state index is 0.177. The number of aliphatic hydroxyl groups excluding tert-OH is 1. The van der Waals surface area contributed by atoms with Gasteiger partial charge in [-0.2, -0.15) is 0 Å². The number of fused-ring (bicyclic) bond motifs is 2. The summed E-state index contributed by atoms with van der Waals surface area (Å²) in [7, 11) is 0. The minimum Gasteiger partial charge on any atom is -0.444 e. The molecule has 2 aliphatic rings. The Morgan fingerprint density at radius 2 is 1.76 bits per heavy atom. The van der Waals surface area contributed by atoms with Crippen LogP contribution in [0, 0.1) is 11.8 Å². The van der Waals surface area contributed by atoms with Gasteiger partial charge in [-0.25, -0.2) is 4.79 Å². The molecular weight excluding hydrogens is 218 g/mol. The molecule has 0 heterocycles. The van der Waals surface area contributed by atoms with Crippen LogP contribution in [0.2, 0.25) is 0 Å². The Labute approximate surface area is 103 Å². The summed E-state index contributed by atoms with van der Waals surface area (Å²) >= 11 is 0. The molecule has 98 valence electrons. The second-order valence-electron chi connectivity index (χ2n) is 6.39. The third kappa shape index (κ3) is 3.12. The van der Waals surface area contributed by atoms with Crippen molar-refractivity contribution in [3.63, 3.8) is 0 Å². The van der Waals surface area contributed by atoms with Gasteiger partial charge >= 0.3 is 6.09 Å². The molecule has 0 aromatic carbocycles. The highest BCUT2D eigenvalue weighted by Gasteiger charge is 2.43. The van der Waals surface area contributed by atoms with Crippen molar-refractivity contribution >= 4 is 6.09 Å². The van der Waals surface area contributed by atoms with E-state index in [1.54, 1.807) is 0 Å². The summed E-state index contributed by atoms with van der Waals surface area (Å²) in [5, 5.41) is 12.7. The first kappa shape index (κ1) is 12.7. The number of carbonyl (C=O) groups excluding carboxylic acids is 1. The molecule has 4 nitrogen and oxygen atoms in total. The van der Waals surface area contributed by atoms with Crippen LogP contribution in [0.15, 0.2) is 0 Å². The molecule has 17 heavy (non-hydrogen) atoms. The molecule has 2 saturated carbocycles. The Kier molecular flexibility index (Phi) is 3.34. The summed E-state index contributed by atoms with van der Waals surface area (Å²) in [6.07, 6.45) is 3.36. The second kappa shape index (κ2) is 4.48. The molecule has 2 aliphatic carbocycles. The van der Waals surface area contributed by atoms with Crippen LogP contribution >= 0.6 is 0 Å². The van der Waals surface area contributed by atoms with E-state index in [-0.39, 0.29) is 18.2 Å². The maximum absolute atomic E-state index is 11.7. The van der Waals surface area contributed by atoms with E-state index in [0.717, 1.165) is 25.7 Å². The molecule has 0 saturated heterocycles. The third-order valence-corrected chi connectivity index (χ3v) is 3.76. The fraction of sp³-hybridized carbons (Fsp3) is 0.923. The van der Waals surface area contributed by atoms with E-state index in [1.165, 1.54) is 0 Å². The maximum Gasteiger partial charge on any atom is 0.407 e. The van der Waals surface area contributed by atoms with E-state index in [2.05, 4.69) is 5.32 Å². The van der Waals surface area contributed by atoms with E-state index in [1.807, 2.05) is 20.8 Å². The van der Waals surface area contributed by atoms with Gasteiger partial charge < -0.3 is 15.2 Å². The Morgan fingerprint density at radius 3 is 2.24 bits per heavy atom. The van der Waals surface area contributed by atoms with Gasteiger partial charge in [-0.05, 0) is 58.3 Å². The van der Waals surface area contributed by atoms with Crippen LogP contribution in [0.4, 0.5) is 4.79 Å². The van der Waals surface area contributed by atoms with Crippen LogP contribution in [0.25, 0.3) is 0 Å². The highest BCUT2D eigenvalue weighted by Crippen LogP contribution is 2.42. The van der Waals surface area contributed by atoms with E-state index in [0.29, 0.717) is 11.8 Å². The van der Waals surface area contributed by atoms with Crippen molar-refractivity contribution in [1.29, 1.82) is 0 Å². The zero-order valence-electron chi connectivity index (χ0n) is 10.9. The average Bonchev–Trinajstić information content (AvgIpc) is 2.42. The van der Waals surface area contributed by atoms with Gasteiger partial charge in [0, 0.05) is 6.04 Å². The number of carbonyl (C=O) groups is 1. The minimum atomic E-state index is -0.447. The molecule has 2 atom stereocenters. The number of alkyl carbamates (subject to hydrolysis) is 1. The van der Waals surface area contributed by atoms with Crippen molar-refractivity contribution in [1.82, 2.24) is 5.32 Å². The number of hydrogen-bond acceptors (Lipinski definition) is 3. The Morgan fingerprint density at radius 1 is 1.24 bits per heavy atom. The van der Waals surface area contributed by atoms with Crippen molar-refractivity contribution in [2.75, 3.05) is 0 Å². The van der Waals surface area contributed by atoms with Crippen molar-refractivity contribution in [2.45, 2.75) is 64.2 Å². The normalized spacial score (nSPS) is 36.7. The molecule has 2 N–H and O–H groups in total. The molecule has 2 fully saturated rings. The summed E-state index contributed by atoms with van der Waals surface area (Å²) in [4.78, 5) is 11.7. The molecule has 0 spiro atoms. The third-order valence-electron chi connectivity index (χ3n) is 3.76. The first-order valence-electron chi connectivity index (χ1n) is 6.53. The molecule has 0 aliphatic heterocycles. The predicted molar refractivity (Wildman–Crippen MR) is 64.6 cm³/mol. The molecule has 0 aromatic rings. The lowest BCUT2D eigenvalue weighted by atomic mass is 9.82. The number of aliphatic hydroxyl groups is 1. The molecule has 0 aromatic heterocycles. The lowest BCUT2D eigenvalue weighted by molar-refractivity contribution is 0.0364. The topological polar surface area (TPSA) is 58.6 Å². The van der Waals surface area contributed by atoms with E-state index in [9.17, 15) is 9.90 Å². The average molecular weight is 241 g/mol. The van der Waals surface area contributed by atoms with Crippen LogP contribution in [0.3, 0.4) is 0 Å². The van der Waals surface area contributed by atoms with Crippen LogP contribution in [-0.2, 0) is 4.74 Å². The fourth-order valence-corrected chi connectivity index (χ4v) is 3.18. The van der Waals surface area contributed by atoms with E-state index >= 15 is 0 Å². The predicted octanol–water partition coefficient (Wildman–Crippen LogP) is 2.06. The highest BCUT2D eigenvalue weighted by atomic mass is 16.6. The van der Waals surface area contributed by atoms with Gasteiger partial charge in [0.25, 0.3) is 0 Å². The molecular formula is C13H23NO3. The number of ether oxygens (including phenoxy) is 1. The number of amides is 1. The lowest BCUT2D eigenvalue weighted by Gasteiger charge is -2.34.